The molecule has 0 unspecified atom stereocenters. The van der Waals surface area contributed by atoms with Gasteiger partial charge in [0.05, 0.1) is 0 Å². The number of aromatic nitrogens is 2. The number of amides is 2. The SMILES string of the molecule is Cc1ccc(C(=O)Nc2ccc3c(c2)cc(C(=O)NCc2ccncc2)n3Cc2cc(C)ccc2C)cc1. The van der Waals surface area contributed by atoms with Crippen LogP contribution >= 0.6 is 0 Å². The van der Waals surface area contributed by atoms with Gasteiger partial charge in [0.2, 0.25) is 0 Å². The fraction of sp³-hybridized carbons (Fsp3) is 0.156. The molecule has 2 heterocycles. The number of benzene rings is 3. The average Bonchev–Trinajstić information content (AvgIpc) is 3.28. The summed E-state index contributed by atoms with van der Waals surface area (Å²) in [6.45, 7) is 7.11. The van der Waals surface area contributed by atoms with Crippen LogP contribution in [0, 0.1) is 20.8 Å². The van der Waals surface area contributed by atoms with Crippen molar-refractivity contribution in [1.82, 2.24) is 14.9 Å². The molecule has 0 spiro atoms. The van der Waals surface area contributed by atoms with Crippen molar-refractivity contribution in [1.29, 1.82) is 0 Å². The molecule has 3 aromatic carbocycles. The lowest BCUT2D eigenvalue weighted by Gasteiger charge is -2.14. The molecule has 2 amide bonds. The van der Waals surface area contributed by atoms with Gasteiger partial charge in [-0.05, 0) is 86.0 Å². The Hall–Kier alpha value is -4.71. The Morgan fingerprint density at radius 1 is 0.789 bits per heavy atom. The van der Waals surface area contributed by atoms with Crippen molar-refractivity contribution in [2.45, 2.75) is 33.9 Å². The molecule has 0 aliphatic heterocycles. The highest BCUT2D eigenvalue weighted by molar-refractivity contribution is 6.06. The highest BCUT2D eigenvalue weighted by Crippen LogP contribution is 2.26. The second-order valence-corrected chi connectivity index (χ2v) is 9.68. The summed E-state index contributed by atoms with van der Waals surface area (Å²) in [5.74, 6) is -0.331. The average molecular weight is 503 g/mol. The minimum atomic E-state index is -0.172. The standard InChI is InChI=1S/C32H30N4O2/c1-21-5-8-25(9-6-21)31(37)35-28-10-11-29-26(17-28)18-30(32(38)34-19-24-12-14-33-15-13-24)36(29)20-27-16-22(2)4-7-23(27)3/h4-18H,19-20H2,1-3H3,(H,34,38)(H,35,37). The predicted molar refractivity (Wildman–Crippen MR) is 151 cm³/mol. The van der Waals surface area contributed by atoms with Crippen LogP contribution in [0.15, 0.2) is 91.3 Å². The smallest absolute Gasteiger partial charge is 0.268 e. The summed E-state index contributed by atoms with van der Waals surface area (Å²) in [5, 5.41) is 6.91. The van der Waals surface area contributed by atoms with Crippen molar-refractivity contribution in [3.05, 3.63) is 130 Å². The number of pyridine rings is 1. The minimum absolute atomic E-state index is 0.159. The van der Waals surface area contributed by atoms with E-state index in [-0.39, 0.29) is 11.8 Å². The first kappa shape index (κ1) is 25.0. The maximum atomic E-state index is 13.4. The zero-order valence-corrected chi connectivity index (χ0v) is 21.8. The number of rotatable bonds is 7. The van der Waals surface area contributed by atoms with Crippen molar-refractivity contribution in [3.63, 3.8) is 0 Å². The van der Waals surface area contributed by atoms with Gasteiger partial charge in [-0.25, -0.2) is 0 Å². The van der Waals surface area contributed by atoms with Gasteiger partial charge in [0, 0.05) is 47.6 Å². The fourth-order valence-corrected chi connectivity index (χ4v) is 4.53. The van der Waals surface area contributed by atoms with E-state index in [0.29, 0.717) is 30.0 Å². The molecule has 0 fully saturated rings. The van der Waals surface area contributed by atoms with Crippen molar-refractivity contribution >= 4 is 28.4 Å². The number of aryl methyl sites for hydroxylation is 3. The fourth-order valence-electron chi connectivity index (χ4n) is 4.53. The topological polar surface area (TPSA) is 76.0 Å². The molecule has 0 saturated carbocycles. The van der Waals surface area contributed by atoms with E-state index in [1.165, 1.54) is 11.1 Å². The van der Waals surface area contributed by atoms with Crippen molar-refractivity contribution in [2.75, 3.05) is 5.32 Å². The lowest BCUT2D eigenvalue weighted by molar-refractivity contribution is 0.0941. The summed E-state index contributed by atoms with van der Waals surface area (Å²) >= 11 is 0. The summed E-state index contributed by atoms with van der Waals surface area (Å²) in [6, 6.07) is 25.3. The number of fused-ring (bicyclic) bond motifs is 1. The van der Waals surface area contributed by atoms with Gasteiger partial charge in [0.25, 0.3) is 11.8 Å². The molecule has 0 aliphatic carbocycles. The van der Waals surface area contributed by atoms with Crippen LogP contribution in [0.3, 0.4) is 0 Å². The third kappa shape index (κ3) is 5.49. The van der Waals surface area contributed by atoms with E-state index in [9.17, 15) is 9.59 Å². The van der Waals surface area contributed by atoms with Crippen LogP contribution in [0.4, 0.5) is 5.69 Å². The molecule has 2 aromatic heterocycles. The number of carbonyl (C=O) groups excluding carboxylic acids is 2. The first-order valence-corrected chi connectivity index (χ1v) is 12.6. The normalized spacial score (nSPS) is 10.9. The third-order valence-corrected chi connectivity index (χ3v) is 6.74. The largest absolute Gasteiger partial charge is 0.347 e. The zero-order chi connectivity index (χ0) is 26.6. The molecule has 2 N–H and O–H groups in total. The minimum Gasteiger partial charge on any atom is -0.347 e. The molecule has 0 aliphatic rings. The Bertz CT molecular complexity index is 1620. The van der Waals surface area contributed by atoms with Gasteiger partial charge < -0.3 is 15.2 Å². The predicted octanol–water partition coefficient (Wildman–Crippen LogP) is 6.19. The van der Waals surface area contributed by atoms with E-state index in [4.69, 9.17) is 0 Å². The molecular formula is C32H30N4O2. The van der Waals surface area contributed by atoms with E-state index in [1.54, 1.807) is 12.4 Å². The molecule has 38 heavy (non-hydrogen) atoms. The second-order valence-electron chi connectivity index (χ2n) is 9.68. The zero-order valence-electron chi connectivity index (χ0n) is 21.8. The summed E-state index contributed by atoms with van der Waals surface area (Å²) in [5.41, 5.74) is 8.34. The molecule has 190 valence electrons. The monoisotopic (exact) mass is 502 g/mol. The Morgan fingerprint density at radius 3 is 2.29 bits per heavy atom. The van der Waals surface area contributed by atoms with Crippen LogP contribution < -0.4 is 10.6 Å². The maximum Gasteiger partial charge on any atom is 0.268 e. The van der Waals surface area contributed by atoms with Crippen LogP contribution in [0.25, 0.3) is 10.9 Å². The van der Waals surface area contributed by atoms with Gasteiger partial charge >= 0.3 is 0 Å². The van der Waals surface area contributed by atoms with Gasteiger partial charge in [0.15, 0.2) is 0 Å². The number of nitrogens with zero attached hydrogens (tertiary/aromatic N) is 2. The number of hydrogen-bond donors (Lipinski definition) is 2. The maximum absolute atomic E-state index is 13.4. The van der Waals surface area contributed by atoms with E-state index < -0.39 is 0 Å². The number of anilines is 1. The highest BCUT2D eigenvalue weighted by atomic mass is 16.2. The van der Waals surface area contributed by atoms with Gasteiger partial charge in [0.1, 0.15) is 5.69 Å². The van der Waals surface area contributed by atoms with Gasteiger partial charge in [-0.1, -0.05) is 41.5 Å². The lowest BCUT2D eigenvalue weighted by atomic mass is 10.1. The van der Waals surface area contributed by atoms with Crippen LogP contribution in [-0.2, 0) is 13.1 Å². The highest BCUT2D eigenvalue weighted by Gasteiger charge is 2.18. The van der Waals surface area contributed by atoms with Crippen molar-refractivity contribution in [3.8, 4) is 0 Å². The van der Waals surface area contributed by atoms with Crippen LogP contribution in [-0.4, -0.2) is 21.4 Å². The van der Waals surface area contributed by atoms with E-state index in [0.717, 1.165) is 27.6 Å². The van der Waals surface area contributed by atoms with E-state index in [2.05, 4.69) is 47.7 Å². The summed E-state index contributed by atoms with van der Waals surface area (Å²) in [7, 11) is 0. The van der Waals surface area contributed by atoms with Crippen LogP contribution in [0.2, 0.25) is 0 Å². The second kappa shape index (κ2) is 10.7. The molecule has 5 aromatic rings. The van der Waals surface area contributed by atoms with E-state index in [1.807, 2.05) is 72.2 Å². The Kier molecular flexibility index (Phi) is 7.05. The summed E-state index contributed by atoms with van der Waals surface area (Å²) in [4.78, 5) is 30.2. The van der Waals surface area contributed by atoms with Crippen LogP contribution in [0.5, 0.6) is 0 Å². The van der Waals surface area contributed by atoms with Gasteiger partial charge in [-0.2, -0.15) is 0 Å². The van der Waals surface area contributed by atoms with Gasteiger partial charge in [-0.3, -0.25) is 14.6 Å². The molecule has 0 radical (unpaired) electrons. The molecular weight excluding hydrogens is 472 g/mol. The van der Waals surface area contributed by atoms with Crippen molar-refractivity contribution in [2.24, 2.45) is 0 Å². The lowest BCUT2D eigenvalue weighted by Crippen LogP contribution is -2.25. The first-order chi connectivity index (χ1) is 18.4. The third-order valence-electron chi connectivity index (χ3n) is 6.74. The first-order valence-electron chi connectivity index (χ1n) is 12.6. The quantitative estimate of drug-likeness (QED) is 0.279. The van der Waals surface area contributed by atoms with E-state index >= 15 is 0 Å². The van der Waals surface area contributed by atoms with Gasteiger partial charge in [-0.15, -0.1) is 0 Å². The van der Waals surface area contributed by atoms with Crippen LogP contribution in [0.1, 0.15) is 48.7 Å². The number of hydrogen-bond acceptors (Lipinski definition) is 3. The Labute approximate surface area is 222 Å². The molecule has 5 rings (SSSR count). The van der Waals surface area contributed by atoms with Crippen molar-refractivity contribution < 1.29 is 9.59 Å². The molecule has 0 atom stereocenters. The number of carbonyl (C=O) groups is 2. The molecule has 0 saturated heterocycles. The summed E-state index contributed by atoms with van der Waals surface area (Å²) in [6.07, 6.45) is 3.43. The molecule has 6 heteroatoms. The Balaban J connectivity index is 1.48. The Morgan fingerprint density at radius 2 is 1.53 bits per heavy atom. The molecule has 0 bridgehead atoms. The number of nitrogens with one attached hydrogen (secondary N) is 2. The summed E-state index contributed by atoms with van der Waals surface area (Å²) < 4.78 is 2.05. The molecule has 6 nitrogen and oxygen atoms in total.